The summed E-state index contributed by atoms with van der Waals surface area (Å²) in [6.45, 7) is 3.87. The number of hydrogen-bond donors (Lipinski definition) is 1. The lowest BCUT2D eigenvalue weighted by molar-refractivity contribution is 0.419. The molecule has 2 aromatic rings. The topological polar surface area (TPSA) is 26.0 Å². The van der Waals surface area contributed by atoms with E-state index in [9.17, 15) is 4.39 Å². The zero-order chi connectivity index (χ0) is 14.3. The third-order valence-corrected chi connectivity index (χ3v) is 4.39. The number of nitrogens with two attached hydrogens (primary N) is 1. The summed E-state index contributed by atoms with van der Waals surface area (Å²) in [7, 11) is 0. The fourth-order valence-corrected chi connectivity index (χ4v) is 3.61. The van der Waals surface area contributed by atoms with Gasteiger partial charge in [-0.05, 0) is 61.4 Å². The Kier molecular flexibility index (Phi) is 3.14. The first-order valence-electron chi connectivity index (χ1n) is 7.17. The second kappa shape index (κ2) is 4.71. The largest absolute Gasteiger partial charge is 0.318 e. The number of benzene rings is 2. The SMILES string of the molecule is Cc1cc(C)c(C2(N)CCCc3ccccc32)c(F)c1. The molecule has 20 heavy (non-hydrogen) atoms. The first-order chi connectivity index (χ1) is 9.52. The van der Waals surface area contributed by atoms with Crippen LogP contribution in [0.3, 0.4) is 0 Å². The van der Waals surface area contributed by atoms with Crippen LogP contribution in [0.5, 0.6) is 0 Å². The van der Waals surface area contributed by atoms with Crippen LogP contribution >= 0.6 is 0 Å². The highest BCUT2D eigenvalue weighted by Crippen LogP contribution is 2.41. The van der Waals surface area contributed by atoms with E-state index in [2.05, 4.69) is 6.07 Å². The van der Waals surface area contributed by atoms with Gasteiger partial charge in [-0.1, -0.05) is 30.3 Å². The highest BCUT2D eigenvalue weighted by Gasteiger charge is 2.37. The molecular weight excluding hydrogens is 249 g/mol. The maximum atomic E-state index is 14.6. The standard InChI is InChI=1S/C18H20FN/c1-12-10-13(2)17(16(19)11-12)18(20)9-5-7-14-6-3-4-8-15(14)18/h3-4,6,8,10-11H,5,7,9,20H2,1-2H3. The third-order valence-electron chi connectivity index (χ3n) is 4.39. The van der Waals surface area contributed by atoms with E-state index in [1.54, 1.807) is 6.07 Å². The molecule has 0 aliphatic heterocycles. The number of rotatable bonds is 1. The Labute approximate surface area is 119 Å². The number of hydrogen-bond acceptors (Lipinski definition) is 1. The van der Waals surface area contributed by atoms with Crippen LogP contribution in [0.4, 0.5) is 4.39 Å². The van der Waals surface area contributed by atoms with Crippen molar-refractivity contribution < 1.29 is 4.39 Å². The van der Waals surface area contributed by atoms with Crippen LogP contribution in [0.2, 0.25) is 0 Å². The summed E-state index contributed by atoms with van der Waals surface area (Å²) < 4.78 is 14.6. The summed E-state index contributed by atoms with van der Waals surface area (Å²) in [5.41, 5.74) is 10.9. The molecule has 0 aromatic heterocycles. The predicted octanol–water partition coefficient (Wildman–Crippen LogP) is 3.98. The van der Waals surface area contributed by atoms with Gasteiger partial charge in [-0.2, -0.15) is 0 Å². The van der Waals surface area contributed by atoms with E-state index in [4.69, 9.17) is 5.73 Å². The van der Waals surface area contributed by atoms with E-state index in [1.165, 1.54) is 5.56 Å². The monoisotopic (exact) mass is 269 g/mol. The molecule has 2 aromatic carbocycles. The summed E-state index contributed by atoms with van der Waals surface area (Å²) in [6.07, 6.45) is 2.83. The summed E-state index contributed by atoms with van der Waals surface area (Å²) in [6, 6.07) is 11.8. The summed E-state index contributed by atoms with van der Waals surface area (Å²) >= 11 is 0. The van der Waals surface area contributed by atoms with Gasteiger partial charge in [-0.3, -0.25) is 0 Å². The first kappa shape index (κ1) is 13.3. The molecule has 2 heteroatoms. The minimum absolute atomic E-state index is 0.179. The van der Waals surface area contributed by atoms with E-state index in [0.29, 0.717) is 5.56 Å². The van der Waals surface area contributed by atoms with Crippen molar-refractivity contribution >= 4 is 0 Å². The lowest BCUT2D eigenvalue weighted by Crippen LogP contribution is -2.42. The van der Waals surface area contributed by atoms with Gasteiger partial charge >= 0.3 is 0 Å². The first-order valence-corrected chi connectivity index (χ1v) is 7.17. The van der Waals surface area contributed by atoms with Crippen molar-refractivity contribution in [1.82, 2.24) is 0 Å². The molecular formula is C18H20FN. The van der Waals surface area contributed by atoms with Gasteiger partial charge in [0.25, 0.3) is 0 Å². The second-order valence-corrected chi connectivity index (χ2v) is 5.92. The Morgan fingerprint density at radius 2 is 1.90 bits per heavy atom. The Morgan fingerprint density at radius 3 is 2.65 bits per heavy atom. The molecule has 104 valence electrons. The quantitative estimate of drug-likeness (QED) is 0.832. The van der Waals surface area contributed by atoms with Crippen molar-refractivity contribution in [2.75, 3.05) is 0 Å². The van der Waals surface area contributed by atoms with Crippen LogP contribution in [0.1, 0.15) is 40.7 Å². The Balaban J connectivity index is 2.25. The molecule has 1 atom stereocenters. The molecule has 0 fully saturated rings. The molecule has 3 rings (SSSR count). The van der Waals surface area contributed by atoms with Crippen molar-refractivity contribution in [3.63, 3.8) is 0 Å². The second-order valence-electron chi connectivity index (χ2n) is 5.92. The zero-order valence-electron chi connectivity index (χ0n) is 12.0. The van der Waals surface area contributed by atoms with Gasteiger partial charge in [-0.25, -0.2) is 4.39 Å². The maximum absolute atomic E-state index is 14.6. The average Bonchev–Trinajstić information content (AvgIpc) is 2.38. The molecule has 0 bridgehead atoms. The Hall–Kier alpha value is -1.67. The van der Waals surface area contributed by atoms with Gasteiger partial charge in [0, 0.05) is 5.56 Å². The normalized spacial score (nSPS) is 21.6. The van der Waals surface area contributed by atoms with Crippen molar-refractivity contribution in [1.29, 1.82) is 0 Å². The van der Waals surface area contributed by atoms with E-state index in [0.717, 1.165) is 36.0 Å². The number of halogens is 1. The van der Waals surface area contributed by atoms with E-state index in [1.807, 2.05) is 38.1 Å². The molecule has 1 aliphatic carbocycles. The van der Waals surface area contributed by atoms with E-state index >= 15 is 0 Å². The molecule has 1 nitrogen and oxygen atoms in total. The molecule has 0 amide bonds. The lowest BCUT2D eigenvalue weighted by Gasteiger charge is -2.37. The Bertz CT molecular complexity index is 639. The zero-order valence-corrected chi connectivity index (χ0v) is 12.0. The van der Waals surface area contributed by atoms with E-state index in [-0.39, 0.29) is 5.82 Å². The smallest absolute Gasteiger partial charge is 0.129 e. The van der Waals surface area contributed by atoms with Gasteiger partial charge in [0.2, 0.25) is 0 Å². The third kappa shape index (κ3) is 1.95. The lowest BCUT2D eigenvalue weighted by atomic mass is 9.71. The predicted molar refractivity (Wildman–Crippen MR) is 80.2 cm³/mol. The van der Waals surface area contributed by atoms with Crippen LogP contribution in [-0.4, -0.2) is 0 Å². The molecule has 0 saturated carbocycles. The van der Waals surface area contributed by atoms with Crippen LogP contribution in [0.25, 0.3) is 0 Å². The summed E-state index contributed by atoms with van der Waals surface area (Å²) in [5, 5.41) is 0. The highest BCUT2D eigenvalue weighted by atomic mass is 19.1. The number of aryl methyl sites for hydroxylation is 3. The fraction of sp³-hybridized carbons (Fsp3) is 0.333. The Morgan fingerprint density at radius 1 is 1.15 bits per heavy atom. The molecule has 1 aliphatic rings. The average molecular weight is 269 g/mol. The molecule has 1 unspecified atom stereocenters. The van der Waals surface area contributed by atoms with Gasteiger partial charge in [0.05, 0.1) is 5.54 Å². The summed E-state index contributed by atoms with van der Waals surface area (Å²) in [5.74, 6) is -0.179. The van der Waals surface area contributed by atoms with Gasteiger partial charge in [-0.15, -0.1) is 0 Å². The van der Waals surface area contributed by atoms with Crippen LogP contribution < -0.4 is 5.73 Å². The molecule has 0 radical (unpaired) electrons. The summed E-state index contributed by atoms with van der Waals surface area (Å²) in [4.78, 5) is 0. The minimum Gasteiger partial charge on any atom is -0.318 e. The van der Waals surface area contributed by atoms with E-state index < -0.39 is 5.54 Å². The number of fused-ring (bicyclic) bond motifs is 1. The molecule has 0 heterocycles. The van der Waals surface area contributed by atoms with Gasteiger partial charge < -0.3 is 5.73 Å². The van der Waals surface area contributed by atoms with Crippen LogP contribution in [0, 0.1) is 19.7 Å². The van der Waals surface area contributed by atoms with Crippen LogP contribution in [-0.2, 0) is 12.0 Å². The fourth-order valence-electron chi connectivity index (χ4n) is 3.61. The highest BCUT2D eigenvalue weighted by molar-refractivity contribution is 5.48. The van der Waals surface area contributed by atoms with Gasteiger partial charge in [0.15, 0.2) is 0 Å². The van der Waals surface area contributed by atoms with Crippen molar-refractivity contribution in [2.24, 2.45) is 5.73 Å². The maximum Gasteiger partial charge on any atom is 0.129 e. The molecule has 0 spiro atoms. The van der Waals surface area contributed by atoms with Crippen molar-refractivity contribution in [3.05, 3.63) is 70.0 Å². The minimum atomic E-state index is -0.698. The van der Waals surface area contributed by atoms with Crippen molar-refractivity contribution in [3.8, 4) is 0 Å². The molecule has 0 saturated heterocycles. The van der Waals surface area contributed by atoms with Crippen LogP contribution in [0.15, 0.2) is 36.4 Å². The molecule has 2 N–H and O–H groups in total. The van der Waals surface area contributed by atoms with Gasteiger partial charge in [0.1, 0.15) is 5.82 Å². The van der Waals surface area contributed by atoms with Crippen molar-refractivity contribution in [2.45, 2.75) is 38.6 Å².